The van der Waals surface area contributed by atoms with Gasteiger partial charge in [-0.1, -0.05) is 13.0 Å². The van der Waals surface area contributed by atoms with Crippen molar-refractivity contribution in [3.05, 3.63) is 28.0 Å². The summed E-state index contributed by atoms with van der Waals surface area (Å²) in [5, 5.41) is 10.8. The summed E-state index contributed by atoms with van der Waals surface area (Å²) in [5.74, 6) is -0.828. The highest BCUT2D eigenvalue weighted by molar-refractivity contribution is 7.11. The number of hydrogen-bond donors (Lipinski definition) is 1. The molecule has 1 aromatic heterocycles. The van der Waals surface area contributed by atoms with E-state index in [1.807, 2.05) is 24.4 Å². The highest BCUT2D eigenvalue weighted by atomic mass is 32.1. The van der Waals surface area contributed by atoms with E-state index < -0.39 is 5.97 Å². The summed E-state index contributed by atoms with van der Waals surface area (Å²) in [6.45, 7) is 3.63. The maximum atomic E-state index is 10.7. The van der Waals surface area contributed by atoms with Gasteiger partial charge >= 0.3 is 5.97 Å². The summed E-state index contributed by atoms with van der Waals surface area (Å²) in [6.07, 6.45) is 0.763. The number of carboxylic acids is 1. The van der Waals surface area contributed by atoms with Crippen LogP contribution >= 0.6 is 11.3 Å². The van der Waals surface area contributed by atoms with Crippen LogP contribution < -0.4 is 0 Å². The fraction of sp³-hybridized carbons (Fsp3) is 0.300. The van der Waals surface area contributed by atoms with Crippen LogP contribution in [0, 0.1) is 0 Å². The molecule has 0 radical (unpaired) electrons. The molecule has 0 fully saturated rings. The van der Waals surface area contributed by atoms with Crippen LogP contribution in [0.4, 0.5) is 0 Å². The summed E-state index contributed by atoms with van der Waals surface area (Å²) in [4.78, 5) is 11.8. The zero-order valence-electron chi connectivity index (χ0n) is 7.70. The monoisotopic (exact) mass is 196 g/mol. The van der Waals surface area contributed by atoms with Crippen LogP contribution in [0.1, 0.15) is 25.1 Å². The van der Waals surface area contributed by atoms with E-state index in [4.69, 9.17) is 5.11 Å². The van der Waals surface area contributed by atoms with E-state index in [1.165, 1.54) is 0 Å². The molecular weight excluding hydrogens is 184 g/mol. The van der Waals surface area contributed by atoms with Crippen LogP contribution in [0.5, 0.6) is 0 Å². The molecule has 0 aromatic carbocycles. The summed E-state index contributed by atoms with van der Waals surface area (Å²) < 4.78 is 0. The van der Waals surface area contributed by atoms with Crippen LogP contribution in [0.2, 0.25) is 0 Å². The van der Waals surface area contributed by atoms with E-state index in [-0.39, 0.29) is 0 Å². The first-order valence-corrected chi connectivity index (χ1v) is 5.01. The standard InChI is InChI=1S/C10H12O2S/c1-3-8(7(2)10(11)12)9-5-4-6-13-9/h4-6H,3H2,1-2H3,(H,11,12)/b8-7+. The molecule has 0 amide bonds. The second-order valence-corrected chi connectivity index (χ2v) is 3.69. The van der Waals surface area contributed by atoms with Crippen molar-refractivity contribution < 1.29 is 9.90 Å². The Hall–Kier alpha value is -1.09. The lowest BCUT2D eigenvalue weighted by atomic mass is 10.1. The van der Waals surface area contributed by atoms with Gasteiger partial charge in [0.1, 0.15) is 0 Å². The molecule has 1 N–H and O–H groups in total. The first-order valence-electron chi connectivity index (χ1n) is 4.13. The van der Waals surface area contributed by atoms with Crippen molar-refractivity contribution in [3.8, 4) is 0 Å². The van der Waals surface area contributed by atoms with Crippen molar-refractivity contribution in [3.63, 3.8) is 0 Å². The topological polar surface area (TPSA) is 37.3 Å². The van der Waals surface area contributed by atoms with Gasteiger partial charge in [0.05, 0.1) is 0 Å². The summed E-state index contributed by atoms with van der Waals surface area (Å²) in [5.41, 5.74) is 1.38. The Kier molecular flexibility index (Phi) is 3.25. The Bertz CT molecular complexity index is 323. The van der Waals surface area contributed by atoms with Crippen LogP contribution in [-0.4, -0.2) is 11.1 Å². The van der Waals surface area contributed by atoms with Crippen molar-refractivity contribution in [2.75, 3.05) is 0 Å². The van der Waals surface area contributed by atoms with Gasteiger partial charge in [-0.15, -0.1) is 11.3 Å². The minimum absolute atomic E-state index is 0.449. The number of thiophene rings is 1. The van der Waals surface area contributed by atoms with E-state index >= 15 is 0 Å². The number of aliphatic carboxylic acids is 1. The third kappa shape index (κ3) is 2.18. The molecule has 0 saturated carbocycles. The fourth-order valence-corrected chi connectivity index (χ4v) is 2.10. The van der Waals surface area contributed by atoms with Crippen LogP contribution in [-0.2, 0) is 4.79 Å². The van der Waals surface area contributed by atoms with Crippen LogP contribution in [0.25, 0.3) is 5.57 Å². The number of carboxylic acid groups (broad SMARTS) is 1. The van der Waals surface area contributed by atoms with E-state index in [0.717, 1.165) is 16.9 Å². The van der Waals surface area contributed by atoms with Gasteiger partial charge in [-0.3, -0.25) is 0 Å². The van der Waals surface area contributed by atoms with Gasteiger partial charge in [-0.25, -0.2) is 4.79 Å². The van der Waals surface area contributed by atoms with Crippen molar-refractivity contribution >= 4 is 22.9 Å². The Morgan fingerprint density at radius 3 is 2.69 bits per heavy atom. The lowest BCUT2D eigenvalue weighted by molar-refractivity contribution is -0.132. The lowest BCUT2D eigenvalue weighted by Crippen LogP contribution is -1.99. The molecule has 70 valence electrons. The average Bonchev–Trinajstić information content (AvgIpc) is 2.58. The van der Waals surface area contributed by atoms with Gasteiger partial charge < -0.3 is 5.11 Å². The number of allylic oxidation sites excluding steroid dienone is 1. The quantitative estimate of drug-likeness (QED) is 0.754. The van der Waals surface area contributed by atoms with E-state index in [0.29, 0.717) is 5.57 Å². The molecular formula is C10H12O2S. The number of hydrogen-bond acceptors (Lipinski definition) is 2. The molecule has 0 aliphatic heterocycles. The lowest BCUT2D eigenvalue weighted by Gasteiger charge is -2.03. The second kappa shape index (κ2) is 4.23. The van der Waals surface area contributed by atoms with Crippen LogP contribution in [0.3, 0.4) is 0 Å². The third-order valence-electron chi connectivity index (χ3n) is 1.95. The Labute approximate surface area is 81.5 Å². The third-order valence-corrected chi connectivity index (χ3v) is 2.88. The Morgan fingerprint density at radius 1 is 1.62 bits per heavy atom. The second-order valence-electron chi connectivity index (χ2n) is 2.74. The molecule has 2 nitrogen and oxygen atoms in total. The predicted molar refractivity (Wildman–Crippen MR) is 54.8 cm³/mol. The van der Waals surface area contributed by atoms with Crippen molar-refractivity contribution in [1.82, 2.24) is 0 Å². The number of carbonyl (C=O) groups is 1. The summed E-state index contributed by atoms with van der Waals surface area (Å²) in [6, 6.07) is 3.89. The SMILES string of the molecule is CC/C(=C(/C)C(=O)O)c1cccs1. The van der Waals surface area contributed by atoms with E-state index in [2.05, 4.69) is 0 Å². The maximum Gasteiger partial charge on any atom is 0.331 e. The molecule has 1 rings (SSSR count). The zero-order chi connectivity index (χ0) is 9.84. The van der Waals surface area contributed by atoms with Gasteiger partial charge in [0.15, 0.2) is 0 Å². The highest BCUT2D eigenvalue weighted by Crippen LogP contribution is 2.26. The Morgan fingerprint density at radius 2 is 2.31 bits per heavy atom. The smallest absolute Gasteiger partial charge is 0.331 e. The first kappa shape index (κ1) is 9.99. The normalized spacial score (nSPS) is 12.5. The minimum Gasteiger partial charge on any atom is -0.478 e. The molecule has 0 aliphatic carbocycles. The molecule has 1 aromatic rings. The fourth-order valence-electron chi connectivity index (χ4n) is 1.20. The van der Waals surface area contributed by atoms with E-state index in [9.17, 15) is 4.79 Å². The van der Waals surface area contributed by atoms with Crippen molar-refractivity contribution in [2.45, 2.75) is 20.3 Å². The van der Waals surface area contributed by atoms with Gasteiger partial charge in [0, 0.05) is 10.5 Å². The molecule has 3 heteroatoms. The molecule has 0 aliphatic rings. The molecule has 0 bridgehead atoms. The molecule has 0 unspecified atom stereocenters. The molecule has 0 atom stereocenters. The molecule has 0 spiro atoms. The average molecular weight is 196 g/mol. The molecule has 13 heavy (non-hydrogen) atoms. The summed E-state index contributed by atoms with van der Waals surface area (Å²) in [7, 11) is 0. The first-order chi connectivity index (χ1) is 6.16. The summed E-state index contributed by atoms with van der Waals surface area (Å²) >= 11 is 1.58. The Balaban J connectivity index is 3.11. The highest BCUT2D eigenvalue weighted by Gasteiger charge is 2.09. The molecule has 1 heterocycles. The predicted octanol–water partition coefficient (Wildman–Crippen LogP) is 3.02. The largest absolute Gasteiger partial charge is 0.478 e. The van der Waals surface area contributed by atoms with Gasteiger partial charge in [-0.05, 0) is 30.4 Å². The maximum absolute atomic E-state index is 10.7. The minimum atomic E-state index is -0.828. The van der Waals surface area contributed by atoms with Crippen molar-refractivity contribution in [1.29, 1.82) is 0 Å². The number of rotatable bonds is 3. The van der Waals surface area contributed by atoms with Gasteiger partial charge in [0.2, 0.25) is 0 Å². The molecule has 0 saturated heterocycles. The van der Waals surface area contributed by atoms with Crippen molar-refractivity contribution in [2.24, 2.45) is 0 Å². The van der Waals surface area contributed by atoms with E-state index in [1.54, 1.807) is 18.3 Å². The van der Waals surface area contributed by atoms with Crippen LogP contribution in [0.15, 0.2) is 23.1 Å². The van der Waals surface area contributed by atoms with Gasteiger partial charge in [-0.2, -0.15) is 0 Å². The zero-order valence-corrected chi connectivity index (χ0v) is 8.52. The van der Waals surface area contributed by atoms with Gasteiger partial charge in [0.25, 0.3) is 0 Å².